The minimum Gasteiger partial charge on any atom is -0.378 e. The number of amides is 1. The van der Waals surface area contributed by atoms with Crippen LogP contribution in [-0.4, -0.2) is 47.0 Å². The number of carbonyl (C=O) groups excluding carboxylic acids is 1. The van der Waals surface area contributed by atoms with E-state index in [-0.39, 0.29) is 17.5 Å². The van der Waals surface area contributed by atoms with Crippen molar-refractivity contribution in [3.8, 4) is 0 Å². The highest BCUT2D eigenvalue weighted by Gasteiger charge is 2.21. The number of nitrogens with one attached hydrogen (secondary N) is 1. The van der Waals surface area contributed by atoms with Crippen molar-refractivity contribution in [2.75, 3.05) is 36.5 Å². The maximum atomic E-state index is 13.0. The summed E-state index contributed by atoms with van der Waals surface area (Å²) in [5.74, 6) is -0.133. The molecule has 0 spiro atoms. The fraction of sp³-hybridized carbons (Fsp3) is 0.375. The third-order valence-corrected chi connectivity index (χ3v) is 6.52. The molecule has 168 valence electrons. The standard InChI is InChI=1S/C24H28N4O3S/c1-16(2)28-23(30)20-6-4-5-7-21(20)26-24(28)32-17(3)22(29)25-18-8-10-19(11-9-18)27-12-14-31-15-13-27/h4-11,16-17H,12-15H2,1-3H3,(H,25,29). The predicted octanol–water partition coefficient (Wildman–Crippen LogP) is 3.93. The number of hydrogen-bond acceptors (Lipinski definition) is 6. The second-order valence-electron chi connectivity index (χ2n) is 8.08. The number of aromatic nitrogens is 2. The van der Waals surface area contributed by atoms with Crippen LogP contribution in [0.5, 0.6) is 0 Å². The van der Waals surface area contributed by atoms with E-state index in [1.165, 1.54) is 11.8 Å². The Labute approximate surface area is 191 Å². The van der Waals surface area contributed by atoms with Gasteiger partial charge in [-0.2, -0.15) is 0 Å². The van der Waals surface area contributed by atoms with Crippen molar-refractivity contribution in [1.82, 2.24) is 9.55 Å². The number of nitrogens with zero attached hydrogens (tertiary/aromatic N) is 3. The Kier molecular flexibility index (Phi) is 6.81. The molecule has 0 saturated carbocycles. The maximum absolute atomic E-state index is 13.0. The Hall–Kier alpha value is -2.84. The quantitative estimate of drug-likeness (QED) is 0.451. The lowest BCUT2D eigenvalue weighted by molar-refractivity contribution is -0.115. The van der Waals surface area contributed by atoms with Gasteiger partial charge in [-0.15, -0.1) is 0 Å². The van der Waals surface area contributed by atoms with Crippen LogP contribution in [-0.2, 0) is 9.53 Å². The Balaban J connectivity index is 1.48. The summed E-state index contributed by atoms with van der Waals surface area (Å²) < 4.78 is 7.06. The molecule has 1 atom stereocenters. The number of thioether (sulfide) groups is 1. The van der Waals surface area contributed by atoms with E-state index in [0.29, 0.717) is 16.1 Å². The van der Waals surface area contributed by atoms with Crippen LogP contribution in [0.3, 0.4) is 0 Å². The number of carbonyl (C=O) groups is 1. The molecule has 4 rings (SSSR count). The van der Waals surface area contributed by atoms with Gasteiger partial charge in [-0.25, -0.2) is 4.98 Å². The number of hydrogen-bond donors (Lipinski definition) is 1. The van der Waals surface area contributed by atoms with Crippen LogP contribution in [0.4, 0.5) is 11.4 Å². The molecule has 0 bridgehead atoms. The summed E-state index contributed by atoms with van der Waals surface area (Å²) in [6, 6.07) is 15.1. The van der Waals surface area contributed by atoms with Gasteiger partial charge in [0.15, 0.2) is 5.16 Å². The van der Waals surface area contributed by atoms with E-state index in [0.717, 1.165) is 37.7 Å². The summed E-state index contributed by atoms with van der Waals surface area (Å²) in [5, 5.41) is 3.69. The molecule has 32 heavy (non-hydrogen) atoms. The number of fused-ring (bicyclic) bond motifs is 1. The van der Waals surface area contributed by atoms with Crippen LogP contribution >= 0.6 is 11.8 Å². The molecule has 1 fully saturated rings. The molecule has 1 aliphatic rings. The highest BCUT2D eigenvalue weighted by atomic mass is 32.2. The predicted molar refractivity (Wildman–Crippen MR) is 130 cm³/mol. The highest BCUT2D eigenvalue weighted by molar-refractivity contribution is 8.00. The van der Waals surface area contributed by atoms with E-state index in [1.807, 2.05) is 63.2 Å². The van der Waals surface area contributed by atoms with Crippen LogP contribution in [0.15, 0.2) is 58.5 Å². The summed E-state index contributed by atoms with van der Waals surface area (Å²) in [6.45, 7) is 8.93. The first-order valence-electron chi connectivity index (χ1n) is 10.9. The maximum Gasteiger partial charge on any atom is 0.262 e. The fourth-order valence-electron chi connectivity index (χ4n) is 3.70. The minimum atomic E-state index is -0.424. The van der Waals surface area contributed by atoms with Crippen molar-refractivity contribution in [2.45, 2.75) is 37.2 Å². The summed E-state index contributed by atoms with van der Waals surface area (Å²) in [4.78, 5) is 32.8. The van der Waals surface area contributed by atoms with Gasteiger partial charge >= 0.3 is 0 Å². The number of para-hydroxylation sites is 1. The van der Waals surface area contributed by atoms with Gasteiger partial charge in [-0.1, -0.05) is 23.9 Å². The van der Waals surface area contributed by atoms with E-state index >= 15 is 0 Å². The lowest BCUT2D eigenvalue weighted by Gasteiger charge is -2.29. The number of ether oxygens (including phenoxy) is 1. The SMILES string of the molecule is CC(Sc1nc2ccccc2c(=O)n1C(C)C)C(=O)Nc1ccc(N2CCOCC2)cc1. The Bertz CT molecular complexity index is 1150. The van der Waals surface area contributed by atoms with E-state index in [9.17, 15) is 9.59 Å². The van der Waals surface area contributed by atoms with E-state index < -0.39 is 5.25 Å². The molecule has 3 aromatic rings. The lowest BCUT2D eigenvalue weighted by Crippen LogP contribution is -2.36. The average molecular weight is 453 g/mol. The second kappa shape index (κ2) is 9.75. The van der Waals surface area contributed by atoms with Crippen LogP contribution < -0.4 is 15.8 Å². The molecular weight excluding hydrogens is 424 g/mol. The smallest absolute Gasteiger partial charge is 0.262 e. The largest absolute Gasteiger partial charge is 0.378 e. The van der Waals surface area contributed by atoms with Gasteiger partial charge in [-0.3, -0.25) is 14.2 Å². The molecule has 0 aliphatic carbocycles. The molecule has 1 aromatic heterocycles. The number of rotatable bonds is 6. The van der Waals surface area contributed by atoms with Gasteiger partial charge in [0.25, 0.3) is 5.56 Å². The van der Waals surface area contributed by atoms with Crippen molar-refractivity contribution in [2.24, 2.45) is 0 Å². The van der Waals surface area contributed by atoms with Crippen molar-refractivity contribution in [3.05, 3.63) is 58.9 Å². The zero-order chi connectivity index (χ0) is 22.7. The summed E-state index contributed by atoms with van der Waals surface area (Å²) in [7, 11) is 0. The number of benzene rings is 2. The van der Waals surface area contributed by atoms with Crippen LogP contribution in [0.1, 0.15) is 26.8 Å². The van der Waals surface area contributed by atoms with Gasteiger partial charge in [0.1, 0.15) is 0 Å². The monoisotopic (exact) mass is 452 g/mol. The fourth-order valence-corrected chi connectivity index (χ4v) is 4.74. The zero-order valence-corrected chi connectivity index (χ0v) is 19.4. The first-order valence-corrected chi connectivity index (χ1v) is 11.7. The van der Waals surface area contributed by atoms with Crippen molar-refractivity contribution >= 4 is 39.9 Å². The number of morpholine rings is 1. The van der Waals surface area contributed by atoms with Crippen LogP contribution in [0.25, 0.3) is 10.9 Å². The Morgan fingerprint density at radius 3 is 2.44 bits per heavy atom. The molecule has 2 heterocycles. The van der Waals surface area contributed by atoms with Gasteiger partial charge < -0.3 is 15.0 Å². The van der Waals surface area contributed by atoms with Gasteiger partial charge in [0.05, 0.1) is 29.4 Å². The summed E-state index contributed by atoms with van der Waals surface area (Å²) in [5.41, 5.74) is 2.42. The van der Waals surface area contributed by atoms with E-state index in [4.69, 9.17) is 4.74 Å². The molecule has 1 aliphatic heterocycles. The molecule has 1 unspecified atom stereocenters. The van der Waals surface area contributed by atoms with Crippen LogP contribution in [0.2, 0.25) is 0 Å². The molecular formula is C24H28N4O3S. The lowest BCUT2D eigenvalue weighted by atomic mass is 10.2. The third-order valence-electron chi connectivity index (χ3n) is 5.45. The molecule has 7 nitrogen and oxygen atoms in total. The molecule has 1 saturated heterocycles. The topological polar surface area (TPSA) is 76.5 Å². The van der Waals surface area contributed by atoms with Gasteiger partial charge in [-0.05, 0) is 57.2 Å². The average Bonchev–Trinajstić information content (AvgIpc) is 2.80. The normalized spacial score (nSPS) is 15.2. The third kappa shape index (κ3) is 4.81. The summed E-state index contributed by atoms with van der Waals surface area (Å²) >= 11 is 1.30. The minimum absolute atomic E-state index is 0.0647. The molecule has 1 amide bonds. The molecule has 1 N–H and O–H groups in total. The van der Waals surface area contributed by atoms with Gasteiger partial charge in [0, 0.05) is 30.5 Å². The molecule has 8 heteroatoms. The molecule has 0 radical (unpaired) electrons. The van der Waals surface area contributed by atoms with Gasteiger partial charge in [0.2, 0.25) is 5.91 Å². The van der Waals surface area contributed by atoms with Crippen molar-refractivity contribution in [1.29, 1.82) is 0 Å². The summed E-state index contributed by atoms with van der Waals surface area (Å²) in [6.07, 6.45) is 0. The Morgan fingerprint density at radius 1 is 1.06 bits per heavy atom. The highest BCUT2D eigenvalue weighted by Crippen LogP contribution is 2.26. The van der Waals surface area contributed by atoms with E-state index in [2.05, 4.69) is 15.2 Å². The van der Waals surface area contributed by atoms with Crippen molar-refractivity contribution < 1.29 is 9.53 Å². The van der Waals surface area contributed by atoms with E-state index in [1.54, 1.807) is 10.6 Å². The first kappa shape index (κ1) is 22.4. The molecule has 2 aromatic carbocycles. The second-order valence-corrected chi connectivity index (χ2v) is 9.38. The number of anilines is 2. The zero-order valence-electron chi connectivity index (χ0n) is 18.6. The first-order chi connectivity index (χ1) is 15.4. The van der Waals surface area contributed by atoms with Crippen LogP contribution in [0, 0.1) is 0 Å². The Morgan fingerprint density at radius 2 is 1.75 bits per heavy atom. The van der Waals surface area contributed by atoms with Crippen molar-refractivity contribution in [3.63, 3.8) is 0 Å².